The van der Waals surface area contributed by atoms with Gasteiger partial charge in [0.1, 0.15) is 0 Å². The molecule has 2 rings (SSSR count). The minimum Gasteiger partial charge on any atom is -0.391 e. The molecule has 0 aliphatic carbocycles. The molecule has 0 aromatic heterocycles. The van der Waals surface area contributed by atoms with Crippen LogP contribution in [0, 0.1) is 0 Å². The third kappa shape index (κ3) is 6.66. The molecule has 0 radical (unpaired) electrons. The zero-order chi connectivity index (χ0) is 22.8. The van der Waals surface area contributed by atoms with Gasteiger partial charge in [-0.3, -0.25) is 9.59 Å². The smallest absolute Gasteiger partial charge is 0.253 e. The van der Waals surface area contributed by atoms with Crippen LogP contribution in [0.1, 0.15) is 79.2 Å². The SMILES string of the molecule is CCCN(CCC)C(=O)c1cccc(C(=O)N[C@@H](C(CC)c2ccccc2)[C@@H](C)O)c1. The Morgan fingerprint density at radius 3 is 2.10 bits per heavy atom. The van der Waals surface area contributed by atoms with Gasteiger partial charge in [-0.15, -0.1) is 0 Å². The van der Waals surface area contributed by atoms with E-state index >= 15 is 0 Å². The molecule has 5 heteroatoms. The van der Waals surface area contributed by atoms with Crippen LogP contribution in [0.25, 0.3) is 0 Å². The van der Waals surface area contributed by atoms with Gasteiger partial charge in [-0.25, -0.2) is 0 Å². The van der Waals surface area contributed by atoms with Crippen molar-refractivity contribution < 1.29 is 14.7 Å². The van der Waals surface area contributed by atoms with E-state index in [0.717, 1.165) is 24.8 Å². The number of aliphatic hydroxyl groups excluding tert-OH is 1. The molecule has 0 saturated heterocycles. The van der Waals surface area contributed by atoms with Gasteiger partial charge >= 0.3 is 0 Å². The maximum atomic E-state index is 13.1. The molecule has 0 aliphatic rings. The lowest BCUT2D eigenvalue weighted by Gasteiger charge is -2.30. The molecule has 3 atom stereocenters. The van der Waals surface area contributed by atoms with E-state index in [4.69, 9.17) is 0 Å². The molecule has 2 aromatic rings. The number of benzene rings is 2. The van der Waals surface area contributed by atoms with Crippen molar-refractivity contribution in [3.63, 3.8) is 0 Å². The van der Waals surface area contributed by atoms with E-state index in [1.54, 1.807) is 31.2 Å². The molecule has 31 heavy (non-hydrogen) atoms. The summed E-state index contributed by atoms with van der Waals surface area (Å²) in [6.45, 7) is 9.24. The maximum absolute atomic E-state index is 13.1. The van der Waals surface area contributed by atoms with Crippen molar-refractivity contribution in [3.8, 4) is 0 Å². The van der Waals surface area contributed by atoms with Gasteiger partial charge in [0.25, 0.3) is 11.8 Å². The first kappa shape index (κ1) is 24.6. The Hall–Kier alpha value is -2.66. The van der Waals surface area contributed by atoms with Crippen LogP contribution in [0.2, 0.25) is 0 Å². The highest BCUT2D eigenvalue weighted by atomic mass is 16.3. The summed E-state index contributed by atoms with van der Waals surface area (Å²) >= 11 is 0. The summed E-state index contributed by atoms with van der Waals surface area (Å²) in [5, 5.41) is 13.4. The first-order valence-corrected chi connectivity index (χ1v) is 11.4. The minimum absolute atomic E-state index is 0.0143. The largest absolute Gasteiger partial charge is 0.391 e. The average molecular weight is 425 g/mol. The molecule has 168 valence electrons. The lowest BCUT2D eigenvalue weighted by atomic mass is 9.86. The van der Waals surface area contributed by atoms with Crippen LogP contribution in [0.4, 0.5) is 0 Å². The fraction of sp³-hybridized carbons (Fsp3) is 0.462. The van der Waals surface area contributed by atoms with Crippen LogP contribution in [0.5, 0.6) is 0 Å². The van der Waals surface area contributed by atoms with Crippen LogP contribution < -0.4 is 5.32 Å². The second-order valence-corrected chi connectivity index (χ2v) is 8.04. The van der Waals surface area contributed by atoms with Crippen molar-refractivity contribution in [2.75, 3.05) is 13.1 Å². The Morgan fingerprint density at radius 1 is 0.935 bits per heavy atom. The summed E-state index contributed by atoms with van der Waals surface area (Å²) in [4.78, 5) is 27.8. The average Bonchev–Trinajstić information content (AvgIpc) is 2.79. The van der Waals surface area contributed by atoms with Gasteiger partial charge in [-0.05, 0) is 49.9 Å². The fourth-order valence-electron chi connectivity index (χ4n) is 4.02. The van der Waals surface area contributed by atoms with Gasteiger partial charge in [-0.1, -0.05) is 57.2 Å². The molecule has 1 unspecified atom stereocenters. The predicted molar refractivity (Wildman–Crippen MR) is 125 cm³/mol. The van der Waals surface area contributed by atoms with Crippen molar-refractivity contribution >= 4 is 11.8 Å². The van der Waals surface area contributed by atoms with E-state index in [1.807, 2.05) is 49.1 Å². The second kappa shape index (κ2) is 12.3. The molecule has 0 saturated carbocycles. The Balaban J connectivity index is 2.23. The number of rotatable bonds is 11. The molecule has 0 aliphatic heterocycles. The molecule has 2 N–H and O–H groups in total. The van der Waals surface area contributed by atoms with Crippen LogP contribution >= 0.6 is 0 Å². The Bertz CT molecular complexity index is 830. The van der Waals surface area contributed by atoms with Gasteiger partial charge in [0.05, 0.1) is 12.1 Å². The van der Waals surface area contributed by atoms with E-state index < -0.39 is 12.1 Å². The lowest BCUT2D eigenvalue weighted by molar-refractivity contribution is 0.0755. The summed E-state index contributed by atoms with van der Waals surface area (Å²) in [5.74, 6) is -0.354. The van der Waals surface area contributed by atoms with Gasteiger partial charge in [0.15, 0.2) is 0 Å². The number of amides is 2. The highest BCUT2D eigenvalue weighted by molar-refractivity contribution is 5.99. The second-order valence-electron chi connectivity index (χ2n) is 8.04. The molecule has 0 bridgehead atoms. The predicted octanol–water partition coefficient (Wildman–Crippen LogP) is 4.62. The monoisotopic (exact) mass is 424 g/mol. The molecule has 0 fully saturated rings. The molecular weight excluding hydrogens is 388 g/mol. The molecule has 0 heterocycles. The third-order valence-corrected chi connectivity index (χ3v) is 5.56. The van der Waals surface area contributed by atoms with E-state index in [2.05, 4.69) is 12.2 Å². The van der Waals surface area contributed by atoms with E-state index in [0.29, 0.717) is 24.2 Å². The fourth-order valence-corrected chi connectivity index (χ4v) is 4.02. The Morgan fingerprint density at radius 2 is 1.55 bits per heavy atom. The molecule has 5 nitrogen and oxygen atoms in total. The number of nitrogens with one attached hydrogen (secondary N) is 1. The summed E-state index contributed by atoms with van der Waals surface area (Å²) < 4.78 is 0. The van der Waals surface area contributed by atoms with Crippen molar-refractivity contribution in [1.82, 2.24) is 10.2 Å². The standard InChI is InChI=1S/C26H36N2O3/c1-5-16-28(17-6-2)26(31)22-15-11-14-21(18-22)25(30)27-24(19(4)29)23(7-3)20-12-9-8-10-13-20/h8-15,18-19,23-24,29H,5-7,16-17H2,1-4H3,(H,27,30)/t19-,23?,24-/m1/s1. The normalized spacial score (nSPS) is 13.8. The number of hydrogen-bond acceptors (Lipinski definition) is 3. The van der Waals surface area contributed by atoms with Crippen LogP contribution in [0.15, 0.2) is 54.6 Å². The highest BCUT2D eigenvalue weighted by Crippen LogP contribution is 2.25. The minimum atomic E-state index is -0.719. The van der Waals surface area contributed by atoms with Gasteiger partial charge in [-0.2, -0.15) is 0 Å². The molecule has 0 spiro atoms. The van der Waals surface area contributed by atoms with Gasteiger partial charge in [0, 0.05) is 30.1 Å². The van der Waals surface area contributed by atoms with Gasteiger partial charge in [0.2, 0.25) is 0 Å². The van der Waals surface area contributed by atoms with Crippen LogP contribution in [-0.2, 0) is 0 Å². The summed E-state index contributed by atoms with van der Waals surface area (Å²) in [6, 6.07) is 16.3. The zero-order valence-corrected chi connectivity index (χ0v) is 19.2. The maximum Gasteiger partial charge on any atom is 0.253 e. The van der Waals surface area contributed by atoms with Crippen LogP contribution in [-0.4, -0.2) is 47.1 Å². The van der Waals surface area contributed by atoms with Crippen LogP contribution in [0.3, 0.4) is 0 Å². The van der Waals surface area contributed by atoms with Crippen molar-refractivity contribution in [2.45, 2.75) is 65.0 Å². The molecule has 2 amide bonds. The summed E-state index contributed by atoms with van der Waals surface area (Å²) in [5.41, 5.74) is 2.01. The first-order valence-electron chi connectivity index (χ1n) is 11.4. The quantitative estimate of drug-likeness (QED) is 0.553. The number of carbonyl (C=O) groups excluding carboxylic acids is 2. The summed E-state index contributed by atoms with van der Waals surface area (Å²) in [6.07, 6.45) is 1.84. The Kier molecular flexibility index (Phi) is 9.73. The highest BCUT2D eigenvalue weighted by Gasteiger charge is 2.28. The van der Waals surface area contributed by atoms with E-state index in [9.17, 15) is 14.7 Å². The number of hydrogen-bond donors (Lipinski definition) is 2. The summed E-state index contributed by atoms with van der Waals surface area (Å²) in [7, 11) is 0. The van der Waals surface area contributed by atoms with E-state index in [1.165, 1.54) is 0 Å². The lowest BCUT2D eigenvalue weighted by Crippen LogP contribution is -2.46. The number of nitrogens with zero attached hydrogens (tertiary/aromatic N) is 1. The van der Waals surface area contributed by atoms with E-state index in [-0.39, 0.29) is 17.7 Å². The van der Waals surface area contributed by atoms with Crippen molar-refractivity contribution in [3.05, 3.63) is 71.3 Å². The number of aliphatic hydroxyl groups is 1. The Labute approximate surface area is 186 Å². The van der Waals surface area contributed by atoms with Crippen molar-refractivity contribution in [2.24, 2.45) is 0 Å². The number of carbonyl (C=O) groups is 2. The zero-order valence-electron chi connectivity index (χ0n) is 19.2. The molecule has 2 aromatic carbocycles. The first-order chi connectivity index (χ1) is 14.9. The van der Waals surface area contributed by atoms with Gasteiger partial charge < -0.3 is 15.3 Å². The third-order valence-electron chi connectivity index (χ3n) is 5.56. The van der Waals surface area contributed by atoms with Crippen molar-refractivity contribution in [1.29, 1.82) is 0 Å². The topological polar surface area (TPSA) is 69.6 Å². The molecular formula is C26H36N2O3.